The van der Waals surface area contributed by atoms with Gasteiger partial charge in [-0.3, -0.25) is 14.3 Å². The minimum absolute atomic E-state index is 0.0721. The Bertz CT molecular complexity index is 465. The number of rotatable bonds is 3. The maximum absolute atomic E-state index is 12.4. The Labute approximate surface area is 107 Å². The monoisotopic (exact) mass is 249 g/mol. The van der Waals surface area contributed by atoms with Crippen molar-refractivity contribution in [3.63, 3.8) is 0 Å². The highest BCUT2D eigenvalue weighted by Crippen LogP contribution is 2.13. The van der Waals surface area contributed by atoms with Gasteiger partial charge in [-0.2, -0.15) is 5.10 Å². The molecule has 0 aliphatic carbocycles. The van der Waals surface area contributed by atoms with Gasteiger partial charge < -0.3 is 4.90 Å². The molecule has 2 rings (SSSR count). The van der Waals surface area contributed by atoms with Gasteiger partial charge in [0.05, 0.1) is 12.2 Å². The number of Topliss-reactive ketones (excluding diaryl/α,β-unsaturated/α-hetero) is 1. The van der Waals surface area contributed by atoms with Crippen LogP contribution in [0.1, 0.15) is 42.9 Å². The molecule has 1 fully saturated rings. The van der Waals surface area contributed by atoms with Crippen molar-refractivity contribution < 1.29 is 9.59 Å². The van der Waals surface area contributed by atoms with E-state index >= 15 is 0 Å². The first kappa shape index (κ1) is 12.8. The van der Waals surface area contributed by atoms with Gasteiger partial charge in [0.25, 0.3) is 5.91 Å². The summed E-state index contributed by atoms with van der Waals surface area (Å²) in [5.41, 5.74) is 1.52. The molecule has 98 valence electrons. The lowest BCUT2D eigenvalue weighted by Crippen LogP contribution is -2.40. The number of likely N-dealkylation sites (tertiary alicyclic amines) is 1. The number of aryl methyl sites for hydroxylation is 2. The van der Waals surface area contributed by atoms with Crippen LogP contribution in [0.15, 0.2) is 6.07 Å². The van der Waals surface area contributed by atoms with Gasteiger partial charge in [-0.05, 0) is 25.8 Å². The zero-order valence-electron chi connectivity index (χ0n) is 11.0. The number of hydrogen-bond acceptors (Lipinski definition) is 3. The topological polar surface area (TPSA) is 55.2 Å². The summed E-state index contributed by atoms with van der Waals surface area (Å²) in [4.78, 5) is 25.4. The molecule has 1 aromatic heterocycles. The maximum atomic E-state index is 12.4. The fraction of sp³-hybridized carbons (Fsp3) is 0.615. The average molecular weight is 249 g/mol. The molecule has 1 saturated heterocycles. The molecule has 0 saturated carbocycles. The van der Waals surface area contributed by atoms with Gasteiger partial charge in [-0.1, -0.05) is 6.92 Å². The molecule has 5 heteroatoms. The summed E-state index contributed by atoms with van der Waals surface area (Å²) in [5, 5.41) is 4.37. The van der Waals surface area contributed by atoms with Gasteiger partial charge >= 0.3 is 0 Å². The number of ketones is 1. The minimum Gasteiger partial charge on any atom is -0.330 e. The highest BCUT2D eigenvalue weighted by Gasteiger charge is 2.25. The van der Waals surface area contributed by atoms with E-state index in [1.54, 1.807) is 9.58 Å². The van der Waals surface area contributed by atoms with E-state index in [9.17, 15) is 9.59 Å². The molecule has 1 amide bonds. The average Bonchev–Trinajstić information content (AvgIpc) is 2.81. The number of amides is 1. The Hall–Kier alpha value is -1.65. The zero-order valence-corrected chi connectivity index (χ0v) is 11.0. The first-order valence-corrected chi connectivity index (χ1v) is 6.53. The van der Waals surface area contributed by atoms with Crippen LogP contribution >= 0.6 is 0 Å². The largest absolute Gasteiger partial charge is 0.330 e. The molecule has 1 aliphatic rings. The third kappa shape index (κ3) is 2.44. The van der Waals surface area contributed by atoms with E-state index in [1.165, 1.54) is 0 Å². The molecule has 0 spiro atoms. The molecule has 0 N–H and O–H groups in total. The SMILES string of the molecule is CCc1cc(C(=O)N2CCCC(=O)C2)n(CC)n1. The second-order valence-corrected chi connectivity index (χ2v) is 4.56. The van der Waals surface area contributed by atoms with E-state index in [2.05, 4.69) is 5.10 Å². The summed E-state index contributed by atoms with van der Waals surface area (Å²) in [6.45, 7) is 5.56. The summed E-state index contributed by atoms with van der Waals surface area (Å²) in [6.07, 6.45) is 2.18. The first-order valence-electron chi connectivity index (χ1n) is 6.53. The van der Waals surface area contributed by atoms with Crippen molar-refractivity contribution in [3.8, 4) is 0 Å². The fourth-order valence-electron chi connectivity index (χ4n) is 2.23. The van der Waals surface area contributed by atoms with Gasteiger partial charge in [-0.15, -0.1) is 0 Å². The minimum atomic E-state index is -0.0721. The number of nitrogens with zero attached hydrogens (tertiary/aromatic N) is 3. The van der Waals surface area contributed by atoms with E-state index in [1.807, 2.05) is 19.9 Å². The Morgan fingerprint density at radius 2 is 2.22 bits per heavy atom. The summed E-state index contributed by atoms with van der Waals surface area (Å²) in [6, 6.07) is 1.84. The fourth-order valence-corrected chi connectivity index (χ4v) is 2.23. The first-order chi connectivity index (χ1) is 8.65. The predicted molar refractivity (Wildman–Crippen MR) is 67.4 cm³/mol. The van der Waals surface area contributed by atoms with Crippen molar-refractivity contribution in [2.24, 2.45) is 0 Å². The third-order valence-electron chi connectivity index (χ3n) is 3.25. The predicted octanol–water partition coefficient (Wildman–Crippen LogP) is 1.27. The van der Waals surface area contributed by atoms with Crippen LogP contribution in [0.25, 0.3) is 0 Å². The molecule has 0 unspecified atom stereocenters. The highest BCUT2D eigenvalue weighted by molar-refractivity contribution is 5.96. The molecule has 0 bridgehead atoms. The normalized spacial score (nSPS) is 16.1. The van der Waals surface area contributed by atoms with Crippen LogP contribution in [0.2, 0.25) is 0 Å². The van der Waals surface area contributed by atoms with Crippen LogP contribution in [-0.2, 0) is 17.8 Å². The van der Waals surface area contributed by atoms with Crippen molar-refractivity contribution >= 4 is 11.7 Å². The molecule has 1 aromatic rings. The molecule has 18 heavy (non-hydrogen) atoms. The molecule has 5 nitrogen and oxygen atoms in total. The number of carbonyl (C=O) groups excluding carboxylic acids is 2. The number of hydrogen-bond donors (Lipinski definition) is 0. The van der Waals surface area contributed by atoms with Crippen molar-refractivity contribution in [3.05, 3.63) is 17.5 Å². The van der Waals surface area contributed by atoms with Crippen molar-refractivity contribution in [2.45, 2.75) is 39.7 Å². The van der Waals surface area contributed by atoms with Gasteiger partial charge in [0.1, 0.15) is 5.69 Å². The van der Waals surface area contributed by atoms with Crippen LogP contribution in [0.3, 0.4) is 0 Å². The third-order valence-corrected chi connectivity index (χ3v) is 3.25. The summed E-state index contributed by atoms with van der Waals surface area (Å²) in [7, 11) is 0. The van der Waals surface area contributed by atoms with Gasteiger partial charge in [0.2, 0.25) is 0 Å². The van der Waals surface area contributed by atoms with Crippen molar-refractivity contribution in [1.82, 2.24) is 14.7 Å². The molecule has 2 heterocycles. The lowest BCUT2D eigenvalue weighted by atomic mass is 10.1. The number of piperidine rings is 1. The highest BCUT2D eigenvalue weighted by atomic mass is 16.2. The Morgan fingerprint density at radius 1 is 1.44 bits per heavy atom. The molecule has 0 radical (unpaired) electrons. The summed E-state index contributed by atoms with van der Waals surface area (Å²) in [5.74, 6) is 0.0741. The lowest BCUT2D eigenvalue weighted by molar-refractivity contribution is -0.121. The van der Waals surface area contributed by atoms with Gasteiger partial charge in [0, 0.05) is 19.5 Å². The maximum Gasteiger partial charge on any atom is 0.272 e. The molecule has 1 aliphatic heterocycles. The second-order valence-electron chi connectivity index (χ2n) is 4.56. The van der Waals surface area contributed by atoms with Gasteiger partial charge in [0.15, 0.2) is 5.78 Å². The van der Waals surface area contributed by atoms with Crippen LogP contribution < -0.4 is 0 Å². The molecular formula is C13H19N3O2. The number of carbonyl (C=O) groups is 2. The number of aromatic nitrogens is 2. The molecule has 0 atom stereocenters. The van der Waals surface area contributed by atoms with Crippen LogP contribution in [0, 0.1) is 0 Å². The Morgan fingerprint density at radius 3 is 2.83 bits per heavy atom. The smallest absolute Gasteiger partial charge is 0.272 e. The van der Waals surface area contributed by atoms with E-state index in [-0.39, 0.29) is 18.2 Å². The van der Waals surface area contributed by atoms with Crippen molar-refractivity contribution in [2.75, 3.05) is 13.1 Å². The lowest BCUT2D eigenvalue weighted by Gasteiger charge is -2.25. The molecule has 0 aromatic carbocycles. The Balaban J connectivity index is 2.21. The zero-order chi connectivity index (χ0) is 13.1. The standard InChI is InChI=1S/C13H19N3O2/c1-3-10-8-12(16(4-2)14-10)13(18)15-7-5-6-11(17)9-15/h8H,3-7,9H2,1-2H3. The van der Waals surface area contributed by atoms with E-state index in [0.717, 1.165) is 18.5 Å². The van der Waals surface area contributed by atoms with Crippen LogP contribution in [-0.4, -0.2) is 39.5 Å². The second kappa shape index (κ2) is 5.33. The van der Waals surface area contributed by atoms with E-state index in [0.29, 0.717) is 25.2 Å². The molecular weight excluding hydrogens is 230 g/mol. The van der Waals surface area contributed by atoms with Crippen LogP contribution in [0.4, 0.5) is 0 Å². The van der Waals surface area contributed by atoms with Crippen molar-refractivity contribution in [1.29, 1.82) is 0 Å². The van der Waals surface area contributed by atoms with E-state index < -0.39 is 0 Å². The van der Waals surface area contributed by atoms with Crippen LogP contribution in [0.5, 0.6) is 0 Å². The quantitative estimate of drug-likeness (QED) is 0.810. The Kier molecular flexibility index (Phi) is 3.79. The van der Waals surface area contributed by atoms with E-state index in [4.69, 9.17) is 0 Å². The van der Waals surface area contributed by atoms with Gasteiger partial charge in [-0.25, -0.2) is 0 Å². The summed E-state index contributed by atoms with van der Waals surface area (Å²) >= 11 is 0. The summed E-state index contributed by atoms with van der Waals surface area (Å²) < 4.78 is 1.72.